The Morgan fingerprint density at radius 1 is 1.18 bits per heavy atom. The highest BCUT2D eigenvalue weighted by molar-refractivity contribution is 6.16. The Kier molecular flexibility index (Phi) is 4.26. The Balaban J connectivity index is 1.89. The first-order chi connectivity index (χ1) is 13.4. The number of aliphatic hydroxyl groups excluding tert-OH is 1. The summed E-state index contributed by atoms with van der Waals surface area (Å²) in [7, 11) is 0. The number of nitrogens with zero attached hydrogens (tertiary/aromatic N) is 2. The fourth-order valence-corrected chi connectivity index (χ4v) is 3.56. The number of benzene rings is 2. The second-order valence-corrected chi connectivity index (χ2v) is 7.35. The molecule has 1 unspecified atom stereocenters. The van der Waals surface area contributed by atoms with Crippen LogP contribution in [0.5, 0.6) is 0 Å². The smallest absolute Gasteiger partial charge is 0.296 e. The summed E-state index contributed by atoms with van der Waals surface area (Å²) >= 11 is 0. The van der Waals surface area contributed by atoms with Crippen LogP contribution in [0.2, 0.25) is 0 Å². The van der Waals surface area contributed by atoms with Crippen molar-refractivity contribution in [2.45, 2.75) is 26.8 Å². The molecule has 0 radical (unpaired) electrons. The van der Waals surface area contributed by atoms with Gasteiger partial charge in [0, 0.05) is 5.92 Å². The van der Waals surface area contributed by atoms with E-state index in [1.807, 2.05) is 55.5 Å². The Labute approximate surface area is 162 Å². The van der Waals surface area contributed by atoms with E-state index in [9.17, 15) is 14.7 Å². The molecule has 142 valence electrons. The number of H-pyrrole nitrogens is 1. The van der Waals surface area contributed by atoms with Crippen molar-refractivity contribution in [1.29, 1.82) is 0 Å². The number of carbonyl (C=O) groups excluding carboxylic acids is 2. The number of aryl methyl sites for hydroxylation is 1. The summed E-state index contributed by atoms with van der Waals surface area (Å²) in [4.78, 5) is 34.9. The molecule has 0 spiro atoms. The second-order valence-electron chi connectivity index (χ2n) is 7.35. The van der Waals surface area contributed by atoms with E-state index >= 15 is 0 Å². The van der Waals surface area contributed by atoms with E-state index < -0.39 is 17.7 Å². The van der Waals surface area contributed by atoms with Gasteiger partial charge in [0.15, 0.2) is 11.5 Å². The van der Waals surface area contributed by atoms with Crippen molar-refractivity contribution in [2.75, 3.05) is 4.90 Å². The molecule has 2 heterocycles. The third-order valence-electron chi connectivity index (χ3n) is 4.97. The molecule has 1 atom stereocenters. The van der Waals surface area contributed by atoms with Crippen LogP contribution in [-0.2, 0) is 9.59 Å². The van der Waals surface area contributed by atoms with E-state index in [1.54, 1.807) is 13.8 Å². The van der Waals surface area contributed by atoms with E-state index in [4.69, 9.17) is 0 Å². The summed E-state index contributed by atoms with van der Waals surface area (Å²) in [5.74, 6) is -1.45. The lowest BCUT2D eigenvalue weighted by Gasteiger charge is -2.25. The van der Waals surface area contributed by atoms with Crippen molar-refractivity contribution in [1.82, 2.24) is 9.97 Å². The molecule has 1 aliphatic heterocycles. The second kappa shape index (κ2) is 6.64. The number of hydrogen-bond donors (Lipinski definition) is 2. The maximum Gasteiger partial charge on any atom is 0.296 e. The number of carbonyl (C=O) groups is 2. The predicted octanol–water partition coefficient (Wildman–Crippen LogP) is 4.00. The van der Waals surface area contributed by atoms with Crippen molar-refractivity contribution >= 4 is 28.7 Å². The molecule has 2 N–H and O–H groups in total. The van der Waals surface area contributed by atoms with Crippen molar-refractivity contribution < 1.29 is 14.7 Å². The predicted molar refractivity (Wildman–Crippen MR) is 107 cm³/mol. The third kappa shape index (κ3) is 2.78. The van der Waals surface area contributed by atoms with Crippen LogP contribution in [0.4, 0.5) is 5.95 Å². The lowest BCUT2D eigenvalue weighted by atomic mass is 9.91. The van der Waals surface area contributed by atoms with Gasteiger partial charge in [0.25, 0.3) is 5.91 Å². The van der Waals surface area contributed by atoms with Crippen molar-refractivity contribution in [3.8, 4) is 0 Å². The van der Waals surface area contributed by atoms with E-state index in [2.05, 4.69) is 9.97 Å². The Hall–Kier alpha value is -3.41. The molecule has 6 heteroatoms. The summed E-state index contributed by atoms with van der Waals surface area (Å²) in [6.07, 6.45) is 0. The normalized spacial score (nSPS) is 17.2. The topological polar surface area (TPSA) is 86.3 Å². The molecule has 1 amide bonds. The van der Waals surface area contributed by atoms with Crippen molar-refractivity contribution in [3.63, 3.8) is 0 Å². The molecule has 28 heavy (non-hydrogen) atoms. The number of aromatic nitrogens is 2. The minimum absolute atomic E-state index is 0.114. The van der Waals surface area contributed by atoms with Crippen LogP contribution in [0.1, 0.15) is 31.0 Å². The molecule has 1 aliphatic rings. The summed E-state index contributed by atoms with van der Waals surface area (Å²) in [6, 6.07) is 14.2. The van der Waals surface area contributed by atoms with Crippen LogP contribution in [0, 0.1) is 12.8 Å². The summed E-state index contributed by atoms with van der Waals surface area (Å²) in [5, 5.41) is 10.6. The number of nitrogens with one attached hydrogen (secondary N) is 1. The number of amides is 1. The Morgan fingerprint density at radius 2 is 1.89 bits per heavy atom. The fraction of sp³-hybridized carbons (Fsp3) is 0.227. The first-order valence-electron chi connectivity index (χ1n) is 9.20. The largest absolute Gasteiger partial charge is 0.503 e. The number of aromatic amines is 1. The van der Waals surface area contributed by atoms with Crippen molar-refractivity contribution in [2.24, 2.45) is 5.92 Å². The van der Waals surface area contributed by atoms with Crippen LogP contribution >= 0.6 is 0 Å². The zero-order valence-corrected chi connectivity index (χ0v) is 15.9. The van der Waals surface area contributed by atoms with Gasteiger partial charge >= 0.3 is 0 Å². The first kappa shape index (κ1) is 18.0. The maximum atomic E-state index is 13.0. The minimum atomic E-state index is -0.731. The number of hydrogen-bond acceptors (Lipinski definition) is 4. The van der Waals surface area contributed by atoms with Crippen LogP contribution in [-0.4, -0.2) is 26.8 Å². The lowest BCUT2D eigenvalue weighted by Crippen LogP contribution is -2.32. The van der Waals surface area contributed by atoms with Crippen LogP contribution in [0.15, 0.2) is 59.9 Å². The Bertz CT molecular complexity index is 1110. The molecule has 4 rings (SSSR count). The van der Waals surface area contributed by atoms with Gasteiger partial charge < -0.3 is 10.1 Å². The molecule has 0 saturated carbocycles. The summed E-state index contributed by atoms with van der Waals surface area (Å²) in [6.45, 7) is 5.48. The number of ketones is 1. The quantitative estimate of drug-likeness (QED) is 0.722. The zero-order chi connectivity index (χ0) is 20.0. The molecule has 2 aromatic carbocycles. The van der Waals surface area contributed by atoms with Crippen molar-refractivity contribution in [3.05, 3.63) is 71.0 Å². The molecular formula is C22H21N3O3. The van der Waals surface area contributed by atoms with Gasteiger partial charge in [0.2, 0.25) is 5.95 Å². The molecule has 0 saturated heterocycles. The number of aliphatic hydroxyl groups is 1. The standard InChI is InChI=1S/C22H21N3O3/c1-12(2)19(26)17-18(14-7-5-4-6-8-14)25(21(28)20(17)27)22-23-15-10-9-13(3)11-16(15)24-22/h4-12,18,27H,1-3H3,(H,23,24). The lowest BCUT2D eigenvalue weighted by molar-refractivity contribution is -0.119. The molecule has 6 nitrogen and oxygen atoms in total. The highest BCUT2D eigenvalue weighted by Gasteiger charge is 2.45. The zero-order valence-electron chi connectivity index (χ0n) is 15.9. The average Bonchev–Trinajstić information content (AvgIpc) is 3.20. The molecule has 0 fully saturated rings. The number of anilines is 1. The first-order valence-corrected chi connectivity index (χ1v) is 9.20. The van der Waals surface area contributed by atoms with Crippen LogP contribution in [0.25, 0.3) is 11.0 Å². The van der Waals surface area contributed by atoms with Gasteiger partial charge in [-0.3, -0.25) is 14.5 Å². The maximum absolute atomic E-state index is 13.0. The highest BCUT2D eigenvalue weighted by Crippen LogP contribution is 2.41. The van der Waals surface area contributed by atoms with Gasteiger partial charge in [-0.25, -0.2) is 4.98 Å². The molecule has 1 aromatic heterocycles. The van der Waals surface area contributed by atoms with Gasteiger partial charge in [-0.15, -0.1) is 0 Å². The van der Waals surface area contributed by atoms with E-state index in [0.717, 1.165) is 16.6 Å². The van der Waals surface area contributed by atoms with Gasteiger partial charge in [0.1, 0.15) is 0 Å². The number of fused-ring (bicyclic) bond motifs is 1. The van der Waals surface area contributed by atoms with Crippen LogP contribution in [0.3, 0.4) is 0 Å². The van der Waals surface area contributed by atoms with E-state index in [-0.39, 0.29) is 17.3 Å². The number of rotatable bonds is 4. The van der Waals surface area contributed by atoms with E-state index in [1.165, 1.54) is 4.90 Å². The number of Topliss-reactive ketones (excluding diaryl/α,β-unsaturated/α-hetero) is 1. The van der Waals surface area contributed by atoms with Crippen LogP contribution < -0.4 is 4.90 Å². The van der Waals surface area contributed by atoms with Gasteiger partial charge in [-0.05, 0) is 30.2 Å². The minimum Gasteiger partial charge on any atom is -0.503 e. The summed E-state index contributed by atoms with van der Waals surface area (Å²) < 4.78 is 0. The molecule has 0 aliphatic carbocycles. The number of imidazole rings is 1. The molecule has 3 aromatic rings. The Morgan fingerprint density at radius 3 is 2.57 bits per heavy atom. The SMILES string of the molecule is Cc1ccc2nc(N3C(=O)C(O)=C(C(=O)C(C)C)C3c3ccccc3)[nH]c2c1. The average molecular weight is 375 g/mol. The van der Waals surface area contributed by atoms with E-state index in [0.29, 0.717) is 11.5 Å². The molecular weight excluding hydrogens is 354 g/mol. The summed E-state index contributed by atoms with van der Waals surface area (Å²) in [5.41, 5.74) is 3.41. The van der Waals surface area contributed by atoms with Gasteiger partial charge in [0.05, 0.1) is 22.6 Å². The highest BCUT2D eigenvalue weighted by atomic mass is 16.3. The van der Waals surface area contributed by atoms with Gasteiger partial charge in [-0.2, -0.15) is 0 Å². The van der Waals surface area contributed by atoms with Gasteiger partial charge in [-0.1, -0.05) is 50.2 Å². The third-order valence-corrected chi connectivity index (χ3v) is 4.97. The monoisotopic (exact) mass is 375 g/mol. The fourth-order valence-electron chi connectivity index (χ4n) is 3.56. The molecule has 0 bridgehead atoms.